The molecule has 1 atom stereocenters. The van der Waals surface area contributed by atoms with Gasteiger partial charge in [-0.25, -0.2) is 13.1 Å². The zero-order valence-corrected chi connectivity index (χ0v) is 14.0. The van der Waals surface area contributed by atoms with Crippen LogP contribution in [0.3, 0.4) is 0 Å². The maximum Gasteiger partial charge on any atom is 0.212 e. The summed E-state index contributed by atoms with van der Waals surface area (Å²) in [6.07, 6.45) is 2.29. The minimum atomic E-state index is -3.28. The van der Waals surface area contributed by atoms with Gasteiger partial charge in [0.2, 0.25) is 10.0 Å². The first-order valence-corrected chi connectivity index (χ1v) is 9.53. The average Bonchev–Trinajstić information content (AvgIpc) is 3.30. The Hall–Kier alpha value is -0.980. The highest BCUT2D eigenvalue weighted by atomic mass is 35.5. The molecule has 1 fully saturated rings. The Morgan fingerprint density at radius 2 is 2.05 bits per heavy atom. The predicted molar refractivity (Wildman–Crippen MR) is 85.0 cm³/mol. The van der Waals surface area contributed by atoms with E-state index in [0.29, 0.717) is 35.7 Å². The SMILES string of the molecule is CC(CS(=O)(=O)NCc1cc(Cl)c2c(c1)OCCO2)C1CC1. The highest BCUT2D eigenvalue weighted by molar-refractivity contribution is 7.89. The third kappa shape index (κ3) is 3.86. The molecule has 3 rings (SSSR count). The van der Waals surface area contributed by atoms with E-state index in [2.05, 4.69) is 4.72 Å². The van der Waals surface area contributed by atoms with Crippen molar-refractivity contribution in [1.82, 2.24) is 4.72 Å². The lowest BCUT2D eigenvalue weighted by Gasteiger charge is -2.20. The van der Waals surface area contributed by atoms with Crippen molar-refractivity contribution in [1.29, 1.82) is 0 Å². The zero-order valence-electron chi connectivity index (χ0n) is 12.5. The summed E-state index contributed by atoms with van der Waals surface area (Å²) in [5, 5.41) is 0.442. The Kier molecular flexibility index (Phi) is 4.52. The van der Waals surface area contributed by atoms with Gasteiger partial charge < -0.3 is 9.47 Å². The van der Waals surface area contributed by atoms with Crippen LogP contribution < -0.4 is 14.2 Å². The van der Waals surface area contributed by atoms with E-state index in [-0.39, 0.29) is 18.2 Å². The number of hydrogen-bond acceptors (Lipinski definition) is 4. The number of nitrogens with one attached hydrogen (secondary N) is 1. The molecule has 1 N–H and O–H groups in total. The normalized spacial score (nSPS) is 19.0. The molecule has 1 aliphatic heterocycles. The molecule has 22 heavy (non-hydrogen) atoms. The highest BCUT2D eigenvalue weighted by Crippen LogP contribution is 2.38. The number of hydrogen-bond donors (Lipinski definition) is 1. The van der Waals surface area contributed by atoms with Gasteiger partial charge in [-0.3, -0.25) is 0 Å². The lowest BCUT2D eigenvalue weighted by atomic mass is 10.1. The van der Waals surface area contributed by atoms with Gasteiger partial charge in [-0.1, -0.05) is 18.5 Å². The van der Waals surface area contributed by atoms with Crippen molar-refractivity contribution in [3.8, 4) is 11.5 Å². The van der Waals surface area contributed by atoms with Crippen LogP contribution in [0.1, 0.15) is 25.3 Å². The highest BCUT2D eigenvalue weighted by Gasteiger charge is 2.31. The number of rotatable bonds is 6. The molecule has 122 valence electrons. The standard InChI is InChI=1S/C15H20ClNO4S/c1-10(12-2-3-12)9-22(18,19)17-8-11-6-13(16)15-14(7-11)20-4-5-21-15/h6-7,10,12,17H,2-5,8-9H2,1H3. The van der Waals surface area contributed by atoms with Gasteiger partial charge in [0.25, 0.3) is 0 Å². The van der Waals surface area contributed by atoms with Crippen LogP contribution in [0.4, 0.5) is 0 Å². The summed E-state index contributed by atoms with van der Waals surface area (Å²) in [7, 11) is -3.28. The molecular formula is C15H20ClNO4S. The van der Waals surface area contributed by atoms with Crippen LogP contribution in [-0.2, 0) is 16.6 Å². The van der Waals surface area contributed by atoms with Crippen LogP contribution in [0.5, 0.6) is 11.5 Å². The van der Waals surface area contributed by atoms with Crippen LogP contribution in [0, 0.1) is 11.8 Å². The largest absolute Gasteiger partial charge is 0.486 e. The second kappa shape index (κ2) is 6.26. The molecular weight excluding hydrogens is 326 g/mol. The lowest BCUT2D eigenvalue weighted by Crippen LogP contribution is -2.29. The van der Waals surface area contributed by atoms with Crippen LogP contribution in [0.25, 0.3) is 0 Å². The molecule has 0 radical (unpaired) electrons. The molecule has 5 nitrogen and oxygen atoms in total. The topological polar surface area (TPSA) is 64.6 Å². The fraction of sp³-hybridized carbons (Fsp3) is 0.600. The summed E-state index contributed by atoms with van der Waals surface area (Å²) >= 11 is 6.15. The molecule has 1 heterocycles. The van der Waals surface area contributed by atoms with Crippen LogP contribution in [0.15, 0.2) is 12.1 Å². The Morgan fingerprint density at radius 1 is 1.32 bits per heavy atom. The van der Waals surface area contributed by atoms with Gasteiger partial charge in [0.05, 0.1) is 10.8 Å². The number of ether oxygens (including phenoxy) is 2. The van der Waals surface area contributed by atoms with Gasteiger partial charge in [0.1, 0.15) is 13.2 Å². The van der Waals surface area contributed by atoms with Gasteiger partial charge in [-0.05, 0) is 42.4 Å². The molecule has 1 aromatic carbocycles. The minimum Gasteiger partial charge on any atom is -0.486 e. The fourth-order valence-electron chi connectivity index (χ4n) is 2.67. The Morgan fingerprint density at radius 3 is 2.77 bits per heavy atom. The van der Waals surface area contributed by atoms with Crippen LogP contribution >= 0.6 is 11.6 Å². The van der Waals surface area contributed by atoms with Gasteiger partial charge in [0, 0.05) is 6.54 Å². The van der Waals surface area contributed by atoms with Crippen LogP contribution in [0.2, 0.25) is 5.02 Å². The quantitative estimate of drug-likeness (QED) is 0.860. The summed E-state index contributed by atoms with van der Waals surface area (Å²) in [5.41, 5.74) is 0.761. The zero-order chi connectivity index (χ0) is 15.7. The van der Waals surface area contributed by atoms with Crippen LogP contribution in [-0.4, -0.2) is 27.4 Å². The molecule has 0 amide bonds. The van der Waals surface area contributed by atoms with E-state index in [1.807, 2.05) is 6.92 Å². The van der Waals surface area contributed by atoms with E-state index in [1.165, 1.54) is 0 Å². The maximum absolute atomic E-state index is 12.1. The summed E-state index contributed by atoms with van der Waals surface area (Å²) in [6.45, 7) is 3.14. The molecule has 1 aromatic rings. The summed E-state index contributed by atoms with van der Waals surface area (Å²) in [5.74, 6) is 2.05. The first-order chi connectivity index (χ1) is 10.4. The van der Waals surface area contributed by atoms with Gasteiger partial charge in [-0.15, -0.1) is 0 Å². The molecule has 0 saturated heterocycles. The molecule has 7 heteroatoms. The summed E-state index contributed by atoms with van der Waals surface area (Å²) in [4.78, 5) is 0. The molecule has 0 aromatic heterocycles. The second-order valence-corrected chi connectivity index (χ2v) is 8.28. The van der Waals surface area contributed by atoms with E-state index in [0.717, 1.165) is 18.4 Å². The van der Waals surface area contributed by atoms with Crippen molar-refractivity contribution >= 4 is 21.6 Å². The molecule has 1 aliphatic carbocycles. The monoisotopic (exact) mass is 345 g/mol. The Bertz CT molecular complexity index is 658. The smallest absolute Gasteiger partial charge is 0.212 e. The molecule has 1 unspecified atom stereocenters. The Balaban J connectivity index is 1.64. The fourth-order valence-corrected chi connectivity index (χ4v) is 4.42. The van der Waals surface area contributed by atoms with Crippen molar-refractivity contribution in [3.63, 3.8) is 0 Å². The third-order valence-corrected chi connectivity index (χ3v) is 5.89. The van der Waals surface area contributed by atoms with Crippen molar-refractivity contribution in [2.75, 3.05) is 19.0 Å². The third-order valence-electron chi connectivity index (χ3n) is 4.06. The molecule has 0 bridgehead atoms. The summed E-state index contributed by atoms with van der Waals surface area (Å²) in [6, 6.07) is 3.48. The first kappa shape index (κ1) is 15.9. The van der Waals surface area contributed by atoms with E-state index in [9.17, 15) is 8.42 Å². The number of sulfonamides is 1. The summed E-state index contributed by atoms with van der Waals surface area (Å²) < 4.78 is 37.8. The minimum absolute atomic E-state index is 0.177. The number of fused-ring (bicyclic) bond motifs is 1. The van der Waals surface area contributed by atoms with Crippen molar-refractivity contribution in [2.45, 2.75) is 26.3 Å². The molecule has 0 spiro atoms. The predicted octanol–water partition coefficient (Wildman–Crippen LogP) is 2.58. The second-order valence-electron chi connectivity index (χ2n) is 6.02. The van der Waals surface area contributed by atoms with E-state index < -0.39 is 10.0 Å². The Labute approximate surface area is 136 Å². The van der Waals surface area contributed by atoms with Crippen molar-refractivity contribution in [3.05, 3.63) is 22.7 Å². The van der Waals surface area contributed by atoms with E-state index >= 15 is 0 Å². The van der Waals surface area contributed by atoms with Gasteiger partial charge in [0.15, 0.2) is 11.5 Å². The van der Waals surface area contributed by atoms with E-state index in [1.54, 1.807) is 12.1 Å². The van der Waals surface area contributed by atoms with Crippen molar-refractivity contribution in [2.24, 2.45) is 11.8 Å². The molecule has 1 saturated carbocycles. The number of benzene rings is 1. The van der Waals surface area contributed by atoms with Crippen molar-refractivity contribution < 1.29 is 17.9 Å². The van der Waals surface area contributed by atoms with E-state index in [4.69, 9.17) is 21.1 Å². The first-order valence-electron chi connectivity index (χ1n) is 7.50. The van der Waals surface area contributed by atoms with Gasteiger partial charge in [-0.2, -0.15) is 0 Å². The molecule has 2 aliphatic rings. The lowest BCUT2D eigenvalue weighted by molar-refractivity contribution is 0.171. The number of halogens is 1. The average molecular weight is 346 g/mol. The maximum atomic E-state index is 12.1. The van der Waals surface area contributed by atoms with Gasteiger partial charge >= 0.3 is 0 Å².